The van der Waals surface area contributed by atoms with E-state index in [9.17, 15) is 4.79 Å². The Morgan fingerprint density at radius 3 is 2.52 bits per heavy atom. The topological polar surface area (TPSA) is 64.2 Å². The van der Waals surface area contributed by atoms with Gasteiger partial charge < -0.3 is 14.5 Å². The normalized spacial score (nSPS) is 10.7. The number of imidazole rings is 1. The van der Waals surface area contributed by atoms with E-state index in [0.29, 0.717) is 23.7 Å². The van der Waals surface area contributed by atoms with Gasteiger partial charge in [0.25, 0.3) is 0 Å². The van der Waals surface area contributed by atoms with E-state index in [4.69, 9.17) is 9.47 Å². The number of benzene rings is 3. The lowest BCUT2D eigenvalue weighted by molar-refractivity contribution is 0.0728. The summed E-state index contributed by atoms with van der Waals surface area (Å²) in [5.41, 5.74) is 3.20. The SMILES string of the molecule is CCOc1cc(-c2nc3ccccc3[nH]2)ccc1OC(=O)c1ccccc1. The number of rotatable bonds is 5. The van der Waals surface area contributed by atoms with Crippen LogP contribution in [-0.4, -0.2) is 22.5 Å². The first kappa shape index (κ1) is 16.8. The van der Waals surface area contributed by atoms with Crippen LogP contribution in [0.1, 0.15) is 17.3 Å². The maximum Gasteiger partial charge on any atom is 0.343 e. The number of hydrogen-bond acceptors (Lipinski definition) is 4. The van der Waals surface area contributed by atoms with E-state index in [1.165, 1.54) is 0 Å². The molecular weight excluding hydrogens is 340 g/mol. The number of carbonyl (C=O) groups excluding carboxylic acids is 1. The summed E-state index contributed by atoms with van der Waals surface area (Å²) in [4.78, 5) is 20.2. The molecule has 4 aromatic rings. The monoisotopic (exact) mass is 358 g/mol. The second-order valence-electron chi connectivity index (χ2n) is 5.95. The fourth-order valence-corrected chi connectivity index (χ4v) is 2.83. The van der Waals surface area contributed by atoms with Crippen LogP contribution in [0.5, 0.6) is 11.5 Å². The summed E-state index contributed by atoms with van der Waals surface area (Å²) in [7, 11) is 0. The second-order valence-corrected chi connectivity index (χ2v) is 5.95. The molecule has 0 saturated carbocycles. The molecule has 0 bridgehead atoms. The van der Waals surface area contributed by atoms with E-state index in [1.807, 2.05) is 49.4 Å². The first-order valence-electron chi connectivity index (χ1n) is 8.74. The van der Waals surface area contributed by atoms with Crippen molar-refractivity contribution < 1.29 is 14.3 Å². The molecule has 4 rings (SSSR count). The molecule has 0 amide bonds. The number of fused-ring (bicyclic) bond motifs is 1. The van der Waals surface area contributed by atoms with Gasteiger partial charge in [0.1, 0.15) is 5.82 Å². The summed E-state index contributed by atoms with van der Waals surface area (Å²) in [5.74, 6) is 1.19. The summed E-state index contributed by atoms with van der Waals surface area (Å²) in [5, 5.41) is 0. The minimum absolute atomic E-state index is 0.380. The van der Waals surface area contributed by atoms with Crippen molar-refractivity contribution in [3.8, 4) is 22.9 Å². The number of carbonyl (C=O) groups is 1. The van der Waals surface area contributed by atoms with Crippen LogP contribution in [0.2, 0.25) is 0 Å². The second kappa shape index (κ2) is 7.33. The number of nitrogens with zero attached hydrogens (tertiary/aromatic N) is 1. The van der Waals surface area contributed by atoms with Gasteiger partial charge in [0, 0.05) is 5.56 Å². The van der Waals surface area contributed by atoms with Gasteiger partial charge in [-0.3, -0.25) is 0 Å². The fourth-order valence-electron chi connectivity index (χ4n) is 2.83. The van der Waals surface area contributed by atoms with E-state index in [0.717, 1.165) is 22.4 Å². The van der Waals surface area contributed by atoms with Gasteiger partial charge in [0.2, 0.25) is 0 Å². The molecular formula is C22H18N2O3. The van der Waals surface area contributed by atoms with E-state index < -0.39 is 5.97 Å². The highest BCUT2D eigenvalue weighted by atomic mass is 16.6. The van der Waals surface area contributed by atoms with Gasteiger partial charge in [-0.15, -0.1) is 0 Å². The number of aromatic nitrogens is 2. The number of para-hydroxylation sites is 2. The summed E-state index contributed by atoms with van der Waals surface area (Å²) in [6.07, 6.45) is 0. The third-order valence-electron chi connectivity index (χ3n) is 4.12. The summed E-state index contributed by atoms with van der Waals surface area (Å²) < 4.78 is 11.2. The molecule has 27 heavy (non-hydrogen) atoms. The molecule has 1 N–H and O–H groups in total. The van der Waals surface area contributed by atoms with Gasteiger partial charge in [-0.05, 0) is 49.4 Å². The minimum Gasteiger partial charge on any atom is -0.490 e. The molecule has 0 aliphatic carbocycles. The van der Waals surface area contributed by atoms with E-state index in [2.05, 4.69) is 9.97 Å². The Bertz CT molecular complexity index is 1050. The lowest BCUT2D eigenvalue weighted by Crippen LogP contribution is -2.09. The number of nitrogens with one attached hydrogen (secondary N) is 1. The zero-order valence-corrected chi connectivity index (χ0v) is 14.8. The Hall–Kier alpha value is -3.60. The minimum atomic E-state index is -0.423. The Labute approximate surface area is 156 Å². The predicted octanol–water partition coefficient (Wildman–Crippen LogP) is 4.85. The standard InChI is InChI=1S/C22H18N2O3/c1-2-26-20-14-16(21-23-17-10-6-7-11-18(17)24-21)12-13-19(20)27-22(25)15-8-4-3-5-9-15/h3-14H,2H2,1H3,(H,23,24). The van der Waals surface area contributed by atoms with Gasteiger partial charge >= 0.3 is 5.97 Å². The van der Waals surface area contributed by atoms with E-state index in [1.54, 1.807) is 30.3 Å². The highest BCUT2D eigenvalue weighted by Crippen LogP contribution is 2.33. The average molecular weight is 358 g/mol. The summed E-state index contributed by atoms with van der Waals surface area (Å²) >= 11 is 0. The van der Waals surface area contributed by atoms with Crippen LogP contribution < -0.4 is 9.47 Å². The number of aromatic amines is 1. The van der Waals surface area contributed by atoms with Crippen molar-refractivity contribution in [3.05, 3.63) is 78.4 Å². The van der Waals surface area contributed by atoms with Crippen molar-refractivity contribution >= 4 is 17.0 Å². The zero-order valence-electron chi connectivity index (χ0n) is 14.8. The number of ether oxygens (including phenoxy) is 2. The molecule has 0 aliphatic rings. The molecule has 0 spiro atoms. The highest BCUT2D eigenvalue weighted by Gasteiger charge is 2.15. The molecule has 0 saturated heterocycles. The highest BCUT2D eigenvalue weighted by molar-refractivity contribution is 5.91. The van der Waals surface area contributed by atoms with Crippen LogP contribution in [0, 0.1) is 0 Å². The largest absolute Gasteiger partial charge is 0.490 e. The molecule has 0 fully saturated rings. The summed E-state index contributed by atoms with van der Waals surface area (Å²) in [6.45, 7) is 2.34. The molecule has 0 unspecified atom stereocenters. The van der Waals surface area contributed by atoms with Gasteiger partial charge in [-0.2, -0.15) is 0 Å². The van der Waals surface area contributed by atoms with Crippen molar-refractivity contribution in [1.82, 2.24) is 9.97 Å². The molecule has 5 nitrogen and oxygen atoms in total. The van der Waals surface area contributed by atoms with Crippen molar-refractivity contribution in [1.29, 1.82) is 0 Å². The molecule has 1 heterocycles. The lowest BCUT2D eigenvalue weighted by atomic mass is 10.2. The molecule has 5 heteroatoms. The average Bonchev–Trinajstić information content (AvgIpc) is 3.14. The van der Waals surface area contributed by atoms with Crippen molar-refractivity contribution in [2.24, 2.45) is 0 Å². The van der Waals surface area contributed by atoms with Crippen LogP contribution in [0.3, 0.4) is 0 Å². The van der Waals surface area contributed by atoms with Gasteiger partial charge in [0.05, 0.1) is 23.2 Å². The number of H-pyrrole nitrogens is 1. The molecule has 0 radical (unpaired) electrons. The van der Waals surface area contributed by atoms with Crippen molar-refractivity contribution in [3.63, 3.8) is 0 Å². The number of hydrogen-bond donors (Lipinski definition) is 1. The van der Waals surface area contributed by atoms with Crippen LogP contribution in [0.15, 0.2) is 72.8 Å². The molecule has 0 atom stereocenters. The van der Waals surface area contributed by atoms with Crippen LogP contribution >= 0.6 is 0 Å². The van der Waals surface area contributed by atoms with Crippen LogP contribution in [-0.2, 0) is 0 Å². The zero-order chi connectivity index (χ0) is 18.6. The molecule has 134 valence electrons. The Balaban J connectivity index is 1.66. The maximum absolute atomic E-state index is 12.3. The van der Waals surface area contributed by atoms with E-state index >= 15 is 0 Å². The number of esters is 1. The third kappa shape index (κ3) is 3.53. The first-order chi connectivity index (χ1) is 13.2. The molecule has 0 aliphatic heterocycles. The Morgan fingerprint density at radius 1 is 0.963 bits per heavy atom. The van der Waals surface area contributed by atoms with Gasteiger partial charge in [0.15, 0.2) is 11.5 Å². The van der Waals surface area contributed by atoms with E-state index in [-0.39, 0.29) is 0 Å². The van der Waals surface area contributed by atoms with Crippen molar-refractivity contribution in [2.45, 2.75) is 6.92 Å². The Kier molecular flexibility index (Phi) is 4.58. The van der Waals surface area contributed by atoms with Crippen LogP contribution in [0.4, 0.5) is 0 Å². The fraction of sp³-hybridized carbons (Fsp3) is 0.0909. The third-order valence-corrected chi connectivity index (χ3v) is 4.12. The molecule has 3 aromatic carbocycles. The smallest absolute Gasteiger partial charge is 0.343 e. The molecule has 1 aromatic heterocycles. The summed E-state index contributed by atoms with van der Waals surface area (Å²) in [6, 6.07) is 22.1. The van der Waals surface area contributed by atoms with Gasteiger partial charge in [-0.1, -0.05) is 30.3 Å². The van der Waals surface area contributed by atoms with Gasteiger partial charge in [-0.25, -0.2) is 9.78 Å². The van der Waals surface area contributed by atoms with Crippen LogP contribution in [0.25, 0.3) is 22.4 Å². The predicted molar refractivity (Wildman–Crippen MR) is 104 cm³/mol. The maximum atomic E-state index is 12.3. The van der Waals surface area contributed by atoms with Crippen molar-refractivity contribution in [2.75, 3.05) is 6.61 Å². The Morgan fingerprint density at radius 2 is 1.74 bits per heavy atom. The quantitative estimate of drug-likeness (QED) is 0.409. The first-order valence-corrected chi connectivity index (χ1v) is 8.74. The lowest BCUT2D eigenvalue weighted by Gasteiger charge is -2.12.